The summed E-state index contributed by atoms with van der Waals surface area (Å²) in [6.07, 6.45) is 3.49. The van der Waals surface area contributed by atoms with Crippen molar-refractivity contribution in [3.63, 3.8) is 0 Å². The van der Waals surface area contributed by atoms with Crippen molar-refractivity contribution < 1.29 is 0 Å². The molecule has 0 aliphatic carbocycles. The van der Waals surface area contributed by atoms with Gasteiger partial charge in [-0.2, -0.15) is 0 Å². The number of nitrogens with zero attached hydrogens (tertiary/aromatic N) is 1. The minimum Gasteiger partial charge on any atom is -0.345 e. The molecule has 0 aliphatic heterocycles. The Kier molecular flexibility index (Phi) is 1.86. The fraction of sp³-hybridized carbons (Fsp3) is 0. The van der Waals surface area contributed by atoms with E-state index in [1.807, 2.05) is 24.3 Å². The standard InChI is InChI=1S/C12H9N3O/c16-11-5-4-8-9(12-13-6-7-14-12)2-1-3-10(8)15-11/h1-7H,(H,13,14)(H,15,16). The third kappa shape index (κ3) is 1.32. The summed E-state index contributed by atoms with van der Waals surface area (Å²) in [5.41, 5.74) is 1.71. The molecule has 0 unspecified atom stereocenters. The first kappa shape index (κ1) is 8.91. The summed E-state index contributed by atoms with van der Waals surface area (Å²) in [5, 5.41) is 0.983. The summed E-state index contributed by atoms with van der Waals surface area (Å²) in [4.78, 5) is 21.3. The highest BCUT2D eigenvalue weighted by atomic mass is 16.1. The first-order valence-electron chi connectivity index (χ1n) is 4.96. The Labute approximate surface area is 91.0 Å². The first-order valence-corrected chi connectivity index (χ1v) is 4.96. The number of nitrogens with one attached hydrogen (secondary N) is 2. The van der Waals surface area contributed by atoms with Gasteiger partial charge < -0.3 is 9.97 Å². The normalized spacial score (nSPS) is 10.8. The minimum absolute atomic E-state index is 0.0934. The Hall–Kier alpha value is -2.36. The van der Waals surface area contributed by atoms with Crippen LogP contribution in [-0.2, 0) is 0 Å². The SMILES string of the molecule is O=c1ccc2c(-c3ncc[nH]3)cccc2[nH]1. The van der Waals surface area contributed by atoms with Crippen molar-refractivity contribution in [1.82, 2.24) is 15.0 Å². The molecule has 2 aromatic heterocycles. The Morgan fingerprint density at radius 2 is 2.06 bits per heavy atom. The number of benzene rings is 1. The van der Waals surface area contributed by atoms with Gasteiger partial charge in [0.15, 0.2) is 0 Å². The average molecular weight is 211 g/mol. The zero-order chi connectivity index (χ0) is 11.0. The van der Waals surface area contributed by atoms with E-state index in [2.05, 4.69) is 15.0 Å². The average Bonchev–Trinajstić information content (AvgIpc) is 2.81. The number of imidazole rings is 1. The summed E-state index contributed by atoms with van der Waals surface area (Å²) >= 11 is 0. The van der Waals surface area contributed by atoms with Gasteiger partial charge in [0.1, 0.15) is 5.82 Å². The molecular weight excluding hydrogens is 202 g/mol. The summed E-state index contributed by atoms with van der Waals surface area (Å²) in [6.45, 7) is 0. The van der Waals surface area contributed by atoms with E-state index in [4.69, 9.17) is 0 Å². The third-order valence-electron chi connectivity index (χ3n) is 2.52. The molecule has 2 N–H and O–H groups in total. The van der Waals surface area contributed by atoms with E-state index >= 15 is 0 Å². The molecule has 2 heterocycles. The molecule has 0 spiro atoms. The number of fused-ring (bicyclic) bond motifs is 1. The molecule has 0 saturated carbocycles. The highest BCUT2D eigenvalue weighted by molar-refractivity contribution is 5.92. The van der Waals surface area contributed by atoms with E-state index in [0.29, 0.717) is 0 Å². The van der Waals surface area contributed by atoms with Crippen LogP contribution < -0.4 is 5.56 Å². The maximum Gasteiger partial charge on any atom is 0.248 e. The molecule has 0 radical (unpaired) electrons. The van der Waals surface area contributed by atoms with Gasteiger partial charge in [-0.3, -0.25) is 4.79 Å². The van der Waals surface area contributed by atoms with Crippen molar-refractivity contribution in [2.24, 2.45) is 0 Å². The van der Waals surface area contributed by atoms with Crippen molar-refractivity contribution >= 4 is 10.9 Å². The molecular formula is C12H9N3O. The second-order valence-electron chi connectivity index (χ2n) is 3.53. The van der Waals surface area contributed by atoms with E-state index in [9.17, 15) is 4.79 Å². The smallest absolute Gasteiger partial charge is 0.248 e. The van der Waals surface area contributed by atoms with E-state index in [1.54, 1.807) is 12.4 Å². The summed E-state index contributed by atoms with van der Waals surface area (Å²) in [6, 6.07) is 9.08. The van der Waals surface area contributed by atoms with Crippen molar-refractivity contribution in [2.75, 3.05) is 0 Å². The molecule has 0 amide bonds. The third-order valence-corrected chi connectivity index (χ3v) is 2.52. The van der Waals surface area contributed by atoms with Crippen LogP contribution in [0.15, 0.2) is 47.5 Å². The van der Waals surface area contributed by atoms with Crippen molar-refractivity contribution in [2.45, 2.75) is 0 Å². The second-order valence-corrected chi connectivity index (χ2v) is 3.53. The van der Waals surface area contributed by atoms with Crippen LogP contribution in [-0.4, -0.2) is 15.0 Å². The molecule has 16 heavy (non-hydrogen) atoms. The van der Waals surface area contributed by atoms with Crippen LogP contribution in [0.1, 0.15) is 0 Å². The molecule has 78 valence electrons. The number of hydrogen-bond donors (Lipinski definition) is 2. The molecule has 0 aliphatic rings. The lowest BCUT2D eigenvalue weighted by atomic mass is 10.1. The Bertz CT molecular complexity index is 683. The van der Waals surface area contributed by atoms with E-state index in [-0.39, 0.29) is 5.56 Å². The highest BCUT2D eigenvalue weighted by Crippen LogP contribution is 2.23. The molecule has 3 aromatic rings. The van der Waals surface area contributed by atoms with Crippen LogP contribution in [0.2, 0.25) is 0 Å². The fourth-order valence-corrected chi connectivity index (χ4v) is 1.81. The molecule has 0 saturated heterocycles. The number of pyridine rings is 1. The van der Waals surface area contributed by atoms with Crippen LogP contribution in [0, 0.1) is 0 Å². The fourth-order valence-electron chi connectivity index (χ4n) is 1.81. The van der Waals surface area contributed by atoms with Crippen LogP contribution in [0.5, 0.6) is 0 Å². The molecule has 3 rings (SSSR count). The van der Waals surface area contributed by atoms with Crippen molar-refractivity contribution in [3.05, 3.63) is 53.1 Å². The molecule has 1 aromatic carbocycles. The van der Waals surface area contributed by atoms with Crippen LogP contribution >= 0.6 is 0 Å². The lowest BCUT2D eigenvalue weighted by molar-refractivity contribution is 1.29. The maximum atomic E-state index is 11.2. The van der Waals surface area contributed by atoms with Gasteiger partial charge in [-0.25, -0.2) is 4.98 Å². The predicted molar refractivity (Wildman–Crippen MR) is 62.2 cm³/mol. The molecule has 0 bridgehead atoms. The van der Waals surface area contributed by atoms with Gasteiger partial charge in [0.05, 0.1) is 0 Å². The number of hydrogen-bond acceptors (Lipinski definition) is 2. The largest absolute Gasteiger partial charge is 0.345 e. The zero-order valence-electron chi connectivity index (χ0n) is 8.40. The van der Waals surface area contributed by atoms with Crippen LogP contribution in [0.25, 0.3) is 22.3 Å². The monoisotopic (exact) mass is 211 g/mol. The summed E-state index contributed by atoms with van der Waals surface area (Å²) in [5.74, 6) is 0.803. The van der Waals surface area contributed by atoms with Gasteiger partial charge in [0.25, 0.3) is 0 Å². The predicted octanol–water partition coefficient (Wildman–Crippen LogP) is 1.92. The van der Waals surface area contributed by atoms with E-state index in [0.717, 1.165) is 22.3 Å². The van der Waals surface area contributed by atoms with Crippen molar-refractivity contribution in [1.29, 1.82) is 0 Å². The lowest BCUT2D eigenvalue weighted by Gasteiger charge is -2.02. The first-order chi connectivity index (χ1) is 7.84. The van der Waals surface area contributed by atoms with Crippen LogP contribution in [0.4, 0.5) is 0 Å². The van der Waals surface area contributed by atoms with Gasteiger partial charge in [0, 0.05) is 34.9 Å². The summed E-state index contributed by atoms with van der Waals surface area (Å²) in [7, 11) is 0. The van der Waals surface area contributed by atoms with Gasteiger partial charge in [-0.05, 0) is 12.1 Å². The second kappa shape index (κ2) is 3.34. The lowest BCUT2D eigenvalue weighted by Crippen LogP contribution is -2.02. The molecule has 0 fully saturated rings. The van der Waals surface area contributed by atoms with Gasteiger partial charge in [-0.15, -0.1) is 0 Å². The Morgan fingerprint density at radius 3 is 2.88 bits per heavy atom. The van der Waals surface area contributed by atoms with Gasteiger partial charge in [0.2, 0.25) is 5.56 Å². The number of rotatable bonds is 1. The topological polar surface area (TPSA) is 61.5 Å². The molecule has 4 heteroatoms. The van der Waals surface area contributed by atoms with E-state index < -0.39 is 0 Å². The number of aromatic amines is 2. The van der Waals surface area contributed by atoms with Crippen molar-refractivity contribution in [3.8, 4) is 11.4 Å². The maximum absolute atomic E-state index is 11.2. The quantitative estimate of drug-likeness (QED) is 0.646. The Morgan fingerprint density at radius 1 is 1.12 bits per heavy atom. The van der Waals surface area contributed by atoms with Gasteiger partial charge in [-0.1, -0.05) is 12.1 Å². The highest BCUT2D eigenvalue weighted by Gasteiger charge is 2.05. The number of H-pyrrole nitrogens is 2. The minimum atomic E-state index is -0.0934. The molecule has 0 atom stereocenters. The van der Waals surface area contributed by atoms with E-state index in [1.165, 1.54) is 6.07 Å². The number of aromatic nitrogens is 3. The van der Waals surface area contributed by atoms with Crippen LogP contribution in [0.3, 0.4) is 0 Å². The Balaban J connectivity index is 2.38. The van der Waals surface area contributed by atoms with Gasteiger partial charge >= 0.3 is 0 Å². The zero-order valence-corrected chi connectivity index (χ0v) is 8.40. The molecule has 4 nitrogen and oxygen atoms in total. The summed E-state index contributed by atoms with van der Waals surface area (Å²) < 4.78 is 0.